The summed E-state index contributed by atoms with van der Waals surface area (Å²) in [4.78, 5) is 0.958. The summed E-state index contributed by atoms with van der Waals surface area (Å²) in [6.07, 6.45) is 0. The molecule has 2 heterocycles. The summed E-state index contributed by atoms with van der Waals surface area (Å²) in [5.41, 5.74) is 7.75. The van der Waals surface area contributed by atoms with Crippen LogP contribution < -0.4 is 5.73 Å². The van der Waals surface area contributed by atoms with Crippen LogP contribution in [0.2, 0.25) is 5.02 Å². The molecule has 3 aromatic rings. The molecule has 3 rings (SSSR count). The van der Waals surface area contributed by atoms with E-state index in [1.807, 2.05) is 17.5 Å². The van der Waals surface area contributed by atoms with Crippen LogP contribution in [0.25, 0.3) is 21.7 Å². The summed E-state index contributed by atoms with van der Waals surface area (Å²) in [5, 5.41) is 6.64. The Bertz CT molecular complexity index is 765. The summed E-state index contributed by atoms with van der Waals surface area (Å²) < 4.78 is 15.7. The fraction of sp³-hybridized carbons (Fsp3) is 0.0714. The van der Waals surface area contributed by atoms with Crippen molar-refractivity contribution in [3.8, 4) is 21.7 Å². The molecule has 1 aromatic carbocycles. The van der Waals surface area contributed by atoms with E-state index < -0.39 is 5.82 Å². The smallest absolute Gasteiger partial charge is 0.134 e. The third kappa shape index (κ3) is 2.09. The second-order valence-electron chi connectivity index (χ2n) is 4.33. The Morgan fingerprint density at radius 1 is 1.35 bits per heavy atom. The van der Waals surface area contributed by atoms with E-state index in [9.17, 15) is 4.39 Å². The molecule has 0 aliphatic carbocycles. The Balaban J connectivity index is 2.27. The predicted octanol–water partition coefficient (Wildman–Crippen LogP) is 4.19. The van der Waals surface area contributed by atoms with E-state index in [4.69, 9.17) is 17.3 Å². The minimum Gasteiger partial charge on any atom is -0.383 e. The van der Waals surface area contributed by atoms with Crippen LogP contribution in [-0.4, -0.2) is 9.78 Å². The highest BCUT2D eigenvalue weighted by Gasteiger charge is 2.20. The summed E-state index contributed by atoms with van der Waals surface area (Å²) in [6, 6.07) is 8.41. The van der Waals surface area contributed by atoms with Crippen molar-refractivity contribution in [3.05, 3.63) is 46.6 Å². The van der Waals surface area contributed by atoms with Crippen LogP contribution >= 0.6 is 22.9 Å². The molecule has 0 saturated heterocycles. The van der Waals surface area contributed by atoms with Crippen molar-refractivity contribution in [1.29, 1.82) is 0 Å². The van der Waals surface area contributed by atoms with Crippen LogP contribution in [0.3, 0.4) is 0 Å². The van der Waals surface area contributed by atoms with Gasteiger partial charge in [0, 0.05) is 22.5 Å². The number of hydrogen-bond acceptors (Lipinski definition) is 3. The molecule has 102 valence electrons. The second kappa shape index (κ2) is 4.92. The van der Waals surface area contributed by atoms with Crippen molar-refractivity contribution >= 4 is 28.8 Å². The van der Waals surface area contributed by atoms with Crippen molar-refractivity contribution in [2.75, 3.05) is 5.73 Å². The first kappa shape index (κ1) is 13.1. The highest BCUT2D eigenvalue weighted by Crippen LogP contribution is 2.39. The Labute approximate surface area is 124 Å². The van der Waals surface area contributed by atoms with Crippen molar-refractivity contribution in [3.63, 3.8) is 0 Å². The Kier molecular flexibility index (Phi) is 3.23. The summed E-state index contributed by atoms with van der Waals surface area (Å²) in [6.45, 7) is 0. The van der Waals surface area contributed by atoms with Gasteiger partial charge in [-0.05, 0) is 29.6 Å². The van der Waals surface area contributed by atoms with E-state index in [1.165, 1.54) is 17.4 Å². The number of nitrogens with zero attached hydrogens (tertiary/aromatic N) is 2. The van der Waals surface area contributed by atoms with Crippen LogP contribution in [0.15, 0.2) is 35.7 Å². The number of nitrogen functional groups attached to an aromatic ring is 1. The van der Waals surface area contributed by atoms with Gasteiger partial charge in [0.15, 0.2) is 0 Å². The summed E-state index contributed by atoms with van der Waals surface area (Å²) in [5.74, 6) is 0.102. The highest BCUT2D eigenvalue weighted by molar-refractivity contribution is 7.13. The zero-order chi connectivity index (χ0) is 14.3. The van der Waals surface area contributed by atoms with Gasteiger partial charge < -0.3 is 5.73 Å². The molecule has 2 N–H and O–H groups in total. The largest absolute Gasteiger partial charge is 0.383 e. The van der Waals surface area contributed by atoms with Gasteiger partial charge in [-0.1, -0.05) is 17.7 Å². The monoisotopic (exact) mass is 307 g/mol. The molecule has 6 heteroatoms. The fourth-order valence-electron chi connectivity index (χ4n) is 2.07. The quantitative estimate of drug-likeness (QED) is 0.771. The molecule has 0 aliphatic heterocycles. The van der Waals surface area contributed by atoms with E-state index in [0.29, 0.717) is 22.1 Å². The van der Waals surface area contributed by atoms with Crippen molar-refractivity contribution < 1.29 is 4.39 Å². The number of thiophene rings is 1. The van der Waals surface area contributed by atoms with Crippen LogP contribution in [0.5, 0.6) is 0 Å². The van der Waals surface area contributed by atoms with E-state index in [2.05, 4.69) is 5.10 Å². The van der Waals surface area contributed by atoms with Gasteiger partial charge in [0.25, 0.3) is 0 Å². The molecule has 0 bridgehead atoms. The van der Waals surface area contributed by atoms with Gasteiger partial charge in [0.05, 0.1) is 5.56 Å². The van der Waals surface area contributed by atoms with E-state index in [1.54, 1.807) is 23.9 Å². The SMILES string of the molecule is Cn1nc(-c2ccc(Cl)cc2F)c(-c2cccs2)c1N. The minimum atomic E-state index is -0.409. The first-order valence-corrected chi connectivity index (χ1v) is 7.15. The van der Waals surface area contributed by atoms with Crippen molar-refractivity contribution in [2.45, 2.75) is 0 Å². The van der Waals surface area contributed by atoms with Crippen LogP contribution in [-0.2, 0) is 7.05 Å². The fourth-order valence-corrected chi connectivity index (χ4v) is 3.01. The van der Waals surface area contributed by atoms with Gasteiger partial charge in [0.1, 0.15) is 17.3 Å². The molecule has 0 radical (unpaired) electrons. The molecule has 0 aliphatic rings. The zero-order valence-electron chi connectivity index (χ0n) is 10.6. The van der Waals surface area contributed by atoms with Crippen molar-refractivity contribution in [2.24, 2.45) is 7.05 Å². The molecule has 2 aromatic heterocycles. The summed E-state index contributed by atoms with van der Waals surface area (Å²) in [7, 11) is 1.74. The van der Waals surface area contributed by atoms with Gasteiger partial charge in [-0.3, -0.25) is 4.68 Å². The zero-order valence-corrected chi connectivity index (χ0v) is 12.2. The minimum absolute atomic E-state index is 0.354. The maximum absolute atomic E-state index is 14.1. The molecular formula is C14H11ClFN3S. The van der Waals surface area contributed by atoms with Gasteiger partial charge in [-0.2, -0.15) is 5.10 Å². The Morgan fingerprint density at radius 2 is 2.15 bits per heavy atom. The normalized spacial score (nSPS) is 10.9. The van der Waals surface area contributed by atoms with Gasteiger partial charge in [-0.25, -0.2) is 4.39 Å². The number of aromatic nitrogens is 2. The second-order valence-corrected chi connectivity index (χ2v) is 5.72. The van der Waals surface area contributed by atoms with E-state index >= 15 is 0 Å². The molecule has 0 saturated carbocycles. The average Bonchev–Trinajstić information content (AvgIpc) is 2.99. The molecule has 20 heavy (non-hydrogen) atoms. The summed E-state index contributed by atoms with van der Waals surface area (Å²) >= 11 is 7.33. The van der Waals surface area contributed by atoms with Crippen molar-refractivity contribution in [1.82, 2.24) is 9.78 Å². The average molecular weight is 308 g/mol. The lowest BCUT2D eigenvalue weighted by Gasteiger charge is -2.03. The lowest BCUT2D eigenvalue weighted by molar-refractivity contribution is 0.630. The molecule has 0 fully saturated rings. The predicted molar refractivity (Wildman–Crippen MR) is 81.3 cm³/mol. The first-order valence-electron chi connectivity index (χ1n) is 5.89. The molecular weight excluding hydrogens is 297 g/mol. The molecule has 0 unspecified atom stereocenters. The highest BCUT2D eigenvalue weighted by atomic mass is 35.5. The topological polar surface area (TPSA) is 43.8 Å². The molecule has 3 nitrogen and oxygen atoms in total. The maximum Gasteiger partial charge on any atom is 0.134 e. The third-order valence-corrected chi connectivity index (χ3v) is 4.17. The molecule has 0 atom stereocenters. The number of benzene rings is 1. The standard InChI is InChI=1S/C14H11ClFN3S/c1-19-14(17)12(11-3-2-6-20-11)13(18-19)9-5-4-8(15)7-10(9)16/h2-7H,17H2,1H3. The first-order chi connectivity index (χ1) is 9.58. The number of halogens is 2. The lowest BCUT2D eigenvalue weighted by atomic mass is 10.1. The van der Waals surface area contributed by atoms with E-state index in [0.717, 1.165) is 10.4 Å². The maximum atomic E-state index is 14.1. The number of hydrogen-bond donors (Lipinski definition) is 1. The number of nitrogens with two attached hydrogens (primary N) is 1. The lowest BCUT2D eigenvalue weighted by Crippen LogP contribution is -1.97. The van der Waals surface area contributed by atoms with Gasteiger partial charge in [0.2, 0.25) is 0 Å². The number of anilines is 1. The van der Waals surface area contributed by atoms with Gasteiger partial charge >= 0.3 is 0 Å². The molecule has 0 amide bonds. The molecule has 0 spiro atoms. The van der Waals surface area contributed by atoms with Crippen LogP contribution in [0.1, 0.15) is 0 Å². The number of aryl methyl sites for hydroxylation is 1. The number of rotatable bonds is 2. The third-order valence-electron chi connectivity index (χ3n) is 3.05. The Hall–Kier alpha value is -1.85. The van der Waals surface area contributed by atoms with Crippen LogP contribution in [0, 0.1) is 5.82 Å². The Morgan fingerprint density at radius 3 is 2.80 bits per heavy atom. The van der Waals surface area contributed by atoms with Gasteiger partial charge in [-0.15, -0.1) is 11.3 Å². The van der Waals surface area contributed by atoms with E-state index in [-0.39, 0.29) is 0 Å². The van der Waals surface area contributed by atoms with Crippen LogP contribution in [0.4, 0.5) is 10.2 Å².